The average molecular weight is 612 g/mol. The summed E-state index contributed by atoms with van der Waals surface area (Å²) in [6, 6.07) is 35.4. The van der Waals surface area contributed by atoms with Crippen LogP contribution in [-0.2, 0) is 11.0 Å². The summed E-state index contributed by atoms with van der Waals surface area (Å²) in [6.45, 7) is 20.0. The van der Waals surface area contributed by atoms with E-state index in [2.05, 4.69) is 171 Å². The van der Waals surface area contributed by atoms with Gasteiger partial charge in [0.15, 0.2) is 0 Å². The van der Waals surface area contributed by atoms with Crippen molar-refractivity contribution in [3.63, 3.8) is 0 Å². The molecule has 0 aliphatic rings. The van der Waals surface area contributed by atoms with Crippen LogP contribution in [0.5, 0.6) is 0 Å². The normalized spacial score (nSPS) is 13.8. The van der Waals surface area contributed by atoms with Crippen molar-refractivity contribution in [1.82, 2.24) is 4.31 Å². The van der Waals surface area contributed by atoms with Gasteiger partial charge in [-0.3, -0.25) is 0 Å². The fraction of sp³-hybridized carbons (Fsp3) is 0.385. The van der Waals surface area contributed by atoms with Crippen LogP contribution in [0, 0.1) is 0 Å². The SMILES string of the molecule is CC(C)c1cc(C(C)C)c([C@@H](c2ccccc2P(c2ccccc2)c2ccccc2)N(C)S(=O)C(C)(C)C)c(C(C)C)c1. The molecule has 0 bridgehead atoms. The van der Waals surface area contributed by atoms with Crippen molar-refractivity contribution >= 4 is 34.8 Å². The van der Waals surface area contributed by atoms with Crippen molar-refractivity contribution in [3.05, 3.63) is 125 Å². The van der Waals surface area contributed by atoms with Gasteiger partial charge in [-0.2, -0.15) is 0 Å². The minimum Gasteiger partial charge on any atom is -0.242 e. The molecule has 1 unspecified atom stereocenters. The van der Waals surface area contributed by atoms with Crippen LogP contribution >= 0.6 is 7.92 Å². The molecule has 0 saturated heterocycles. The van der Waals surface area contributed by atoms with E-state index in [4.69, 9.17) is 0 Å². The van der Waals surface area contributed by atoms with Gasteiger partial charge in [0.05, 0.1) is 10.8 Å². The maximum Gasteiger partial charge on any atom is 0.100 e. The van der Waals surface area contributed by atoms with Crippen molar-refractivity contribution in [2.45, 2.75) is 90.9 Å². The van der Waals surface area contributed by atoms with E-state index < -0.39 is 23.7 Å². The molecule has 4 aromatic rings. The molecule has 0 fully saturated rings. The molecule has 0 spiro atoms. The van der Waals surface area contributed by atoms with Gasteiger partial charge in [-0.05, 0) is 90.2 Å². The van der Waals surface area contributed by atoms with E-state index >= 15 is 0 Å². The van der Waals surface area contributed by atoms with Gasteiger partial charge in [0.2, 0.25) is 0 Å². The standard InChI is InChI=1S/C39H50NOPS/c1-27(2)30-25-34(28(3)4)37(35(26-30)29(5)6)38(40(10)43(41)39(7,8)9)33-23-17-18-24-36(33)42(31-19-13-11-14-20-31)32-21-15-12-16-22-32/h11-29,38H,1-10H3/t38-,43?/m1/s1. The Bertz CT molecular complexity index is 1450. The van der Waals surface area contributed by atoms with Crippen LogP contribution in [0.1, 0.15) is 114 Å². The summed E-state index contributed by atoms with van der Waals surface area (Å²) >= 11 is 0. The van der Waals surface area contributed by atoms with Crippen LogP contribution in [-0.4, -0.2) is 20.3 Å². The number of benzene rings is 4. The molecule has 0 amide bonds. The molecule has 0 saturated carbocycles. The molecule has 0 aliphatic carbocycles. The van der Waals surface area contributed by atoms with Gasteiger partial charge in [-0.15, -0.1) is 0 Å². The quantitative estimate of drug-likeness (QED) is 0.164. The second-order valence-corrected chi connectivity index (χ2v) is 17.9. The summed E-state index contributed by atoms with van der Waals surface area (Å²) in [5, 5.41) is 3.95. The molecule has 4 aromatic carbocycles. The third kappa shape index (κ3) is 7.39. The highest BCUT2D eigenvalue weighted by Crippen LogP contribution is 2.44. The topological polar surface area (TPSA) is 20.3 Å². The van der Waals surface area contributed by atoms with Crippen molar-refractivity contribution in [2.24, 2.45) is 0 Å². The number of hydrogen-bond acceptors (Lipinski definition) is 1. The molecule has 228 valence electrons. The Balaban J connectivity index is 2.12. The average Bonchev–Trinajstić information content (AvgIpc) is 2.98. The molecule has 0 radical (unpaired) electrons. The van der Waals surface area contributed by atoms with Crippen LogP contribution < -0.4 is 15.9 Å². The van der Waals surface area contributed by atoms with E-state index in [-0.39, 0.29) is 6.04 Å². The summed E-state index contributed by atoms with van der Waals surface area (Å²) in [5.74, 6) is 1.07. The molecule has 2 nitrogen and oxygen atoms in total. The zero-order valence-corrected chi connectivity index (χ0v) is 29.5. The first-order chi connectivity index (χ1) is 20.3. The predicted octanol–water partition coefficient (Wildman–Crippen LogP) is 9.30. The minimum absolute atomic E-state index is 0.176. The lowest BCUT2D eigenvalue weighted by atomic mass is 9.80. The Labute approximate surface area is 265 Å². The molecule has 4 rings (SSSR count). The third-order valence-electron chi connectivity index (χ3n) is 8.10. The van der Waals surface area contributed by atoms with E-state index in [9.17, 15) is 4.21 Å². The zero-order chi connectivity index (χ0) is 31.5. The van der Waals surface area contributed by atoms with Crippen LogP contribution in [0.3, 0.4) is 0 Å². The summed E-state index contributed by atoms with van der Waals surface area (Å²) in [6.07, 6.45) is 0. The monoisotopic (exact) mass is 611 g/mol. The first-order valence-electron chi connectivity index (χ1n) is 15.6. The Morgan fingerprint density at radius 3 is 1.49 bits per heavy atom. The molecule has 0 aliphatic heterocycles. The van der Waals surface area contributed by atoms with Crippen molar-refractivity contribution in [1.29, 1.82) is 0 Å². The summed E-state index contributed by atoms with van der Waals surface area (Å²) in [5.41, 5.74) is 6.64. The number of hydrogen-bond donors (Lipinski definition) is 0. The van der Waals surface area contributed by atoms with E-state index in [1.54, 1.807) is 0 Å². The van der Waals surface area contributed by atoms with E-state index in [0.717, 1.165) is 0 Å². The van der Waals surface area contributed by atoms with Gasteiger partial charge in [0, 0.05) is 7.05 Å². The molecule has 43 heavy (non-hydrogen) atoms. The smallest absolute Gasteiger partial charge is 0.100 e. The molecular weight excluding hydrogens is 561 g/mol. The molecule has 0 heterocycles. The van der Waals surface area contributed by atoms with Gasteiger partial charge in [-0.25, -0.2) is 8.51 Å². The summed E-state index contributed by atoms with van der Waals surface area (Å²) in [7, 11) is -0.0239. The highest BCUT2D eigenvalue weighted by Gasteiger charge is 2.36. The fourth-order valence-electron chi connectivity index (χ4n) is 5.89. The van der Waals surface area contributed by atoms with E-state index in [1.165, 1.54) is 43.7 Å². The van der Waals surface area contributed by atoms with Crippen LogP contribution in [0.2, 0.25) is 0 Å². The lowest BCUT2D eigenvalue weighted by Gasteiger charge is -2.38. The van der Waals surface area contributed by atoms with Gasteiger partial charge in [-0.1, -0.05) is 139 Å². The first kappa shape index (κ1) is 33.3. The highest BCUT2D eigenvalue weighted by molar-refractivity contribution is 7.84. The number of rotatable bonds is 10. The van der Waals surface area contributed by atoms with E-state index in [0.29, 0.717) is 17.8 Å². The van der Waals surface area contributed by atoms with Gasteiger partial charge < -0.3 is 0 Å². The maximum absolute atomic E-state index is 14.4. The van der Waals surface area contributed by atoms with Gasteiger partial charge >= 0.3 is 0 Å². The van der Waals surface area contributed by atoms with Crippen LogP contribution in [0.4, 0.5) is 0 Å². The molecule has 4 heteroatoms. The highest BCUT2D eigenvalue weighted by atomic mass is 32.2. The summed E-state index contributed by atoms with van der Waals surface area (Å²) in [4.78, 5) is 0. The Hall–Kier alpha value is -2.58. The van der Waals surface area contributed by atoms with Crippen LogP contribution in [0.25, 0.3) is 0 Å². The molecule has 0 aromatic heterocycles. The maximum atomic E-state index is 14.4. The number of nitrogens with zero attached hydrogens (tertiary/aromatic N) is 1. The van der Waals surface area contributed by atoms with Crippen molar-refractivity contribution < 1.29 is 4.21 Å². The first-order valence-corrected chi connectivity index (χ1v) is 18.1. The lowest BCUT2D eigenvalue weighted by molar-refractivity contribution is 0.434. The minimum atomic E-state index is -1.24. The zero-order valence-electron chi connectivity index (χ0n) is 27.8. The second kappa shape index (κ2) is 14.0. The largest absolute Gasteiger partial charge is 0.242 e. The van der Waals surface area contributed by atoms with Gasteiger partial charge in [0.1, 0.15) is 11.0 Å². The molecule has 0 N–H and O–H groups in total. The van der Waals surface area contributed by atoms with E-state index in [1.807, 2.05) is 0 Å². The van der Waals surface area contributed by atoms with Crippen molar-refractivity contribution in [3.8, 4) is 0 Å². The Morgan fingerprint density at radius 2 is 1.07 bits per heavy atom. The fourth-order valence-corrected chi connectivity index (χ4v) is 9.65. The second-order valence-electron chi connectivity index (χ2n) is 13.5. The summed E-state index contributed by atoms with van der Waals surface area (Å²) < 4.78 is 16.1. The Kier molecular flexibility index (Phi) is 10.9. The van der Waals surface area contributed by atoms with Gasteiger partial charge in [0.25, 0.3) is 0 Å². The lowest BCUT2D eigenvalue weighted by Crippen LogP contribution is -2.40. The molecular formula is C39H50NOPS. The third-order valence-corrected chi connectivity index (χ3v) is 12.4. The predicted molar refractivity (Wildman–Crippen MR) is 191 cm³/mol. The van der Waals surface area contributed by atoms with Crippen LogP contribution in [0.15, 0.2) is 97.1 Å². The Morgan fingerprint density at radius 1 is 0.628 bits per heavy atom. The molecule has 2 atom stereocenters. The van der Waals surface area contributed by atoms with Crippen molar-refractivity contribution in [2.75, 3.05) is 7.05 Å².